The summed E-state index contributed by atoms with van der Waals surface area (Å²) in [4.78, 5) is 0. The van der Waals surface area contributed by atoms with Crippen molar-refractivity contribution in [1.29, 1.82) is 0 Å². The molecule has 1 aliphatic carbocycles. The van der Waals surface area contributed by atoms with E-state index in [1.54, 1.807) is 0 Å². The first kappa shape index (κ1) is 13.3. The minimum absolute atomic E-state index is 0.223. The van der Waals surface area contributed by atoms with Crippen molar-refractivity contribution in [3.05, 3.63) is 0 Å². The number of rotatable bonds is 4. The normalized spacial score (nSPS) is 37.1. The van der Waals surface area contributed by atoms with Gasteiger partial charge in [0, 0.05) is 6.04 Å². The van der Waals surface area contributed by atoms with Crippen LogP contribution in [-0.4, -0.2) is 32.5 Å². The van der Waals surface area contributed by atoms with Crippen LogP contribution in [0.4, 0.5) is 0 Å². The standard InChI is InChI=1S/C13H25NO2S/c1-11-3-2-4-12(9-11)5-7-14-13-6-8-17(15,16)10-13/h11-14H,2-10H2,1H3. The Labute approximate surface area is 105 Å². The summed E-state index contributed by atoms with van der Waals surface area (Å²) in [6, 6.07) is 0.223. The lowest BCUT2D eigenvalue weighted by Gasteiger charge is -2.27. The molecule has 1 N–H and O–H groups in total. The summed E-state index contributed by atoms with van der Waals surface area (Å²) in [5.41, 5.74) is 0. The average molecular weight is 259 g/mol. The molecule has 1 heterocycles. The highest BCUT2D eigenvalue weighted by molar-refractivity contribution is 7.91. The first-order valence-electron chi connectivity index (χ1n) is 6.99. The van der Waals surface area contributed by atoms with Crippen LogP contribution in [0.25, 0.3) is 0 Å². The Kier molecular flexibility index (Phi) is 4.47. The largest absolute Gasteiger partial charge is 0.313 e. The molecule has 0 radical (unpaired) electrons. The Morgan fingerprint density at radius 3 is 2.71 bits per heavy atom. The van der Waals surface area contributed by atoms with E-state index in [1.807, 2.05) is 0 Å². The number of hydrogen-bond donors (Lipinski definition) is 1. The first-order chi connectivity index (χ1) is 8.05. The Balaban J connectivity index is 1.63. The summed E-state index contributed by atoms with van der Waals surface area (Å²) in [6.45, 7) is 3.35. The SMILES string of the molecule is CC1CCCC(CCNC2CCS(=O)(=O)C2)C1. The Bertz CT molecular complexity index is 339. The van der Waals surface area contributed by atoms with Crippen LogP contribution in [0.2, 0.25) is 0 Å². The zero-order valence-electron chi connectivity index (χ0n) is 10.8. The van der Waals surface area contributed by atoms with Gasteiger partial charge in [-0.2, -0.15) is 0 Å². The van der Waals surface area contributed by atoms with Crippen molar-refractivity contribution in [3.8, 4) is 0 Å². The average Bonchev–Trinajstić information content (AvgIpc) is 2.58. The molecule has 0 bridgehead atoms. The van der Waals surface area contributed by atoms with Crippen LogP contribution >= 0.6 is 0 Å². The number of nitrogens with one attached hydrogen (secondary N) is 1. The van der Waals surface area contributed by atoms with Gasteiger partial charge in [0.15, 0.2) is 9.84 Å². The van der Waals surface area contributed by atoms with Gasteiger partial charge in [-0.05, 0) is 37.6 Å². The highest BCUT2D eigenvalue weighted by atomic mass is 32.2. The fraction of sp³-hybridized carbons (Fsp3) is 1.00. The van der Waals surface area contributed by atoms with Gasteiger partial charge in [0.05, 0.1) is 11.5 Å². The predicted molar refractivity (Wildman–Crippen MR) is 70.8 cm³/mol. The molecule has 2 rings (SSSR count). The van der Waals surface area contributed by atoms with Gasteiger partial charge in [0.1, 0.15) is 0 Å². The van der Waals surface area contributed by atoms with Gasteiger partial charge < -0.3 is 5.32 Å². The highest BCUT2D eigenvalue weighted by Gasteiger charge is 2.27. The smallest absolute Gasteiger partial charge is 0.151 e. The first-order valence-corrected chi connectivity index (χ1v) is 8.81. The Hall–Kier alpha value is -0.0900. The summed E-state index contributed by atoms with van der Waals surface area (Å²) in [7, 11) is -2.72. The van der Waals surface area contributed by atoms with Gasteiger partial charge in [-0.1, -0.05) is 26.2 Å². The van der Waals surface area contributed by atoms with Gasteiger partial charge in [-0.15, -0.1) is 0 Å². The Morgan fingerprint density at radius 1 is 1.24 bits per heavy atom. The van der Waals surface area contributed by atoms with E-state index in [-0.39, 0.29) is 6.04 Å². The van der Waals surface area contributed by atoms with Crippen molar-refractivity contribution >= 4 is 9.84 Å². The van der Waals surface area contributed by atoms with E-state index in [9.17, 15) is 8.42 Å². The summed E-state index contributed by atoms with van der Waals surface area (Å²) in [5.74, 6) is 2.49. The van der Waals surface area contributed by atoms with E-state index in [4.69, 9.17) is 0 Å². The molecular formula is C13H25NO2S. The molecule has 0 aromatic heterocycles. The summed E-state index contributed by atoms with van der Waals surface area (Å²) < 4.78 is 22.6. The second kappa shape index (κ2) is 5.70. The van der Waals surface area contributed by atoms with E-state index < -0.39 is 9.84 Å². The molecular weight excluding hydrogens is 234 g/mol. The van der Waals surface area contributed by atoms with Gasteiger partial charge in [0.2, 0.25) is 0 Å². The van der Waals surface area contributed by atoms with Gasteiger partial charge in [-0.3, -0.25) is 0 Å². The maximum atomic E-state index is 11.3. The van der Waals surface area contributed by atoms with Crippen LogP contribution in [0.3, 0.4) is 0 Å². The van der Waals surface area contributed by atoms with E-state index in [0.717, 1.165) is 24.8 Å². The molecule has 0 spiro atoms. The van der Waals surface area contributed by atoms with E-state index in [0.29, 0.717) is 11.5 Å². The third-order valence-electron chi connectivity index (χ3n) is 4.26. The minimum Gasteiger partial charge on any atom is -0.313 e. The molecule has 3 atom stereocenters. The van der Waals surface area contributed by atoms with Crippen molar-refractivity contribution < 1.29 is 8.42 Å². The minimum atomic E-state index is -2.72. The van der Waals surface area contributed by atoms with Crippen molar-refractivity contribution in [2.75, 3.05) is 18.1 Å². The van der Waals surface area contributed by atoms with Crippen LogP contribution in [0, 0.1) is 11.8 Å². The molecule has 2 fully saturated rings. The van der Waals surface area contributed by atoms with Gasteiger partial charge in [0.25, 0.3) is 0 Å². The lowest BCUT2D eigenvalue weighted by atomic mass is 9.81. The van der Waals surface area contributed by atoms with Gasteiger partial charge in [-0.25, -0.2) is 8.42 Å². The summed E-state index contributed by atoms with van der Waals surface area (Å²) in [5, 5.41) is 3.42. The number of hydrogen-bond acceptors (Lipinski definition) is 3. The Morgan fingerprint density at radius 2 is 2.06 bits per heavy atom. The van der Waals surface area contributed by atoms with E-state index in [2.05, 4.69) is 12.2 Å². The fourth-order valence-corrected chi connectivity index (χ4v) is 4.98. The van der Waals surface area contributed by atoms with Crippen molar-refractivity contribution in [2.45, 2.75) is 51.5 Å². The molecule has 0 aromatic rings. The third-order valence-corrected chi connectivity index (χ3v) is 6.03. The zero-order chi connectivity index (χ0) is 12.3. The van der Waals surface area contributed by atoms with Crippen molar-refractivity contribution in [2.24, 2.45) is 11.8 Å². The summed E-state index contributed by atoms with van der Waals surface area (Å²) in [6.07, 6.45) is 7.54. The third kappa shape index (κ3) is 4.25. The molecule has 0 aromatic carbocycles. The van der Waals surface area contributed by atoms with Crippen molar-refractivity contribution in [1.82, 2.24) is 5.32 Å². The molecule has 1 saturated carbocycles. The maximum Gasteiger partial charge on any atom is 0.151 e. The van der Waals surface area contributed by atoms with Crippen LogP contribution in [0.15, 0.2) is 0 Å². The molecule has 1 saturated heterocycles. The topological polar surface area (TPSA) is 46.2 Å². The molecule has 3 unspecified atom stereocenters. The second-order valence-electron chi connectivity index (χ2n) is 5.98. The van der Waals surface area contributed by atoms with E-state index >= 15 is 0 Å². The molecule has 3 nitrogen and oxygen atoms in total. The summed E-state index contributed by atoms with van der Waals surface area (Å²) >= 11 is 0. The van der Waals surface area contributed by atoms with E-state index in [1.165, 1.54) is 32.1 Å². The van der Waals surface area contributed by atoms with Crippen LogP contribution in [-0.2, 0) is 9.84 Å². The molecule has 2 aliphatic rings. The van der Waals surface area contributed by atoms with Crippen LogP contribution in [0.5, 0.6) is 0 Å². The monoisotopic (exact) mass is 259 g/mol. The van der Waals surface area contributed by atoms with Gasteiger partial charge >= 0.3 is 0 Å². The second-order valence-corrected chi connectivity index (χ2v) is 8.21. The fourth-order valence-electron chi connectivity index (χ4n) is 3.27. The highest BCUT2D eigenvalue weighted by Crippen LogP contribution is 2.30. The quantitative estimate of drug-likeness (QED) is 0.839. The maximum absolute atomic E-state index is 11.3. The molecule has 17 heavy (non-hydrogen) atoms. The van der Waals surface area contributed by atoms with Crippen molar-refractivity contribution in [3.63, 3.8) is 0 Å². The van der Waals surface area contributed by atoms with Crippen LogP contribution < -0.4 is 5.32 Å². The lowest BCUT2D eigenvalue weighted by molar-refractivity contribution is 0.265. The lowest BCUT2D eigenvalue weighted by Crippen LogP contribution is -2.32. The predicted octanol–water partition coefficient (Wildman–Crippen LogP) is 1.98. The van der Waals surface area contributed by atoms with Crippen LogP contribution in [0.1, 0.15) is 45.4 Å². The molecule has 100 valence electrons. The zero-order valence-corrected chi connectivity index (χ0v) is 11.6. The molecule has 1 aliphatic heterocycles. The molecule has 0 amide bonds. The molecule has 4 heteroatoms. The number of sulfone groups is 1.